The maximum absolute atomic E-state index is 4.58. The Labute approximate surface area is 85.2 Å². The summed E-state index contributed by atoms with van der Waals surface area (Å²) in [5.74, 6) is 0. The van der Waals surface area contributed by atoms with Crippen LogP contribution in [-0.2, 0) is 6.54 Å². The molecule has 0 N–H and O–H groups in total. The van der Waals surface area contributed by atoms with Gasteiger partial charge in [0.2, 0.25) is 0 Å². The van der Waals surface area contributed by atoms with E-state index in [1.165, 1.54) is 24.1 Å². The lowest BCUT2D eigenvalue weighted by atomic mass is 10.1. The molecule has 1 aliphatic carbocycles. The molecule has 0 amide bonds. The average Bonchev–Trinajstić information content (AvgIpc) is 2.29. The molecule has 0 saturated carbocycles. The normalized spacial score (nSPS) is 18.7. The number of hydrogen-bond acceptors (Lipinski definition) is 1. The summed E-state index contributed by atoms with van der Waals surface area (Å²) >= 11 is 0. The van der Waals surface area contributed by atoms with Gasteiger partial charge < -0.3 is 0 Å². The minimum atomic E-state index is 0.820. The first-order valence-corrected chi connectivity index (χ1v) is 5.19. The molecule has 1 heteroatoms. The molecule has 14 heavy (non-hydrogen) atoms. The molecule has 0 unspecified atom stereocenters. The van der Waals surface area contributed by atoms with E-state index < -0.39 is 0 Å². The Bertz CT molecular complexity index is 336. The summed E-state index contributed by atoms with van der Waals surface area (Å²) in [7, 11) is 0. The second-order valence-electron chi connectivity index (χ2n) is 3.59. The summed E-state index contributed by atoms with van der Waals surface area (Å²) < 4.78 is 0. The van der Waals surface area contributed by atoms with Crippen molar-refractivity contribution in [2.75, 3.05) is 0 Å². The van der Waals surface area contributed by atoms with Crippen LogP contribution in [-0.4, -0.2) is 5.71 Å². The molecule has 0 heterocycles. The molecule has 0 aromatic heterocycles. The Balaban J connectivity index is 1.99. The van der Waals surface area contributed by atoms with E-state index in [1.807, 2.05) is 6.07 Å². The zero-order valence-corrected chi connectivity index (χ0v) is 8.32. The molecule has 0 saturated heterocycles. The highest BCUT2D eigenvalue weighted by atomic mass is 14.7. The highest BCUT2D eigenvalue weighted by Crippen LogP contribution is 2.09. The number of allylic oxidation sites excluding steroid dienone is 2. The van der Waals surface area contributed by atoms with Gasteiger partial charge >= 0.3 is 0 Å². The molecule has 0 bridgehead atoms. The molecule has 1 nitrogen and oxygen atoms in total. The molecule has 2 rings (SSSR count). The van der Waals surface area contributed by atoms with E-state index in [2.05, 4.69) is 41.4 Å². The summed E-state index contributed by atoms with van der Waals surface area (Å²) in [5, 5.41) is 0. The van der Waals surface area contributed by atoms with Crippen molar-refractivity contribution < 1.29 is 0 Å². The number of nitrogens with zero attached hydrogens (tertiary/aromatic N) is 1. The van der Waals surface area contributed by atoms with Gasteiger partial charge in [-0.05, 0) is 30.9 Å². The van der Waals surface area contributed by atoms with E-state index in [0.29, 0.717) is 0 Å². The van der Waals surface area contributed by atoms with Crippen molar-refractivity contribution in [1.29, 1.82) is 0 Å². The highest BCUT2D eigenvalue weighted by Gasteiger charge is 1.99. The predicted octanol–water partition coefficient (Wildman–Crippen LogP) is 3.37. The third-order valence-electron chi connectivity index (χ3n) is 2.42. The van der Waals surface area contributed by atoms with Crippen molar-refractivity contribution in [2.24, 2.45) is 4.99 Å². The fraction of sp³-hybridized carbons (Fsp3) is 0.308. The zero-order chi connectivity index (χ0) is 9.64. The molecule has 0 spiro atoms. The Kier molecular flexibility index (Phi) is 3.12. The lowest BCUT2D eigenvalue weighted by Crippen LogP contribution is -1.99. The van der Waals surface area contributed by atoms with Gasteiger partial charge in [0, 0.05) is 5.71 Å². The van der Waals surface area contributed by atoms with Gasteiger partial charge in [-0.15, -0.1) is 0 Å². The van der Waals surface area contributed by atoms with E-state index in [0.717, 1.165) is 13.0 Å². The molecule has 0 atom stereocenters. The van der Waals surface area contributed by atoms with Crippen molar-refractivity contribution in [3.63, 3.8) is 0 Å². The summed E-state index contributed by atoms with van der Waals surface area (Å²) in [6.45, 7) is 0.820. The third-order valence-corrected chi connectivity index (χ3v) is 2.42. The van der Waals surface area contributed by atoms with Crippen LogP contribution in [0, 0.1) is 0 Å². The average molecular weight is 185 g/mol. The number of benzene rings is 1. The predicted molar refractivity (Wildman–Crippen MR) is 60.6 cm³/mol. The summed E-state index contributed by atoms with van der Waals surface area (Å²) in [5.41, 5.74) is 2.54. The van der Waals surface area contributed by atoms with Crippen molar-refractivity contribution in [1.82, 2.24) is 0 Å². The zero-order valence-electron chi connectivity index (χ0n) is 8.32. The number of rotatable bonds is 2. The fourth-order valence-electron chi connectivity index (χ4n) is 1.61. The Morgan fingerprint density at radius 1 is 1.14 bits per heavy atom. The van der Waals surface area contributed by atoms with Crippen LogP contribution in [0.25, 0.3) is 0 Å². The van der Waals surface area contributed by atoms with E-state index in [-0.39, 0.29) is 0 Å². The minimum Gasteiger partial charge on any atom is -0.285 e. The first-order chi connectivity index (χ1) is 6.95. The van der Waals surface area contributed by atoms with Gasteiger partial charge in [0.25, 0.3) is 0 Å². The van der Waals surface area contributed by atoms with Gasteiger partial charge in [0.15, 0.2) is 0 Å². The van der Waals surface area contributed by atoms with E-state index in [9.17, 15) is 0 Å². The molecule has 1 aromatic rings. The Morgan fingerprint density at radius 3 is 2.71 bits per heavy atom. The summed E-state index contributed by atoms with van der Waals surface area (Å²) in [6, 6.07) is 10.4. The first kappa shape index (κ1) is 9.20. The second kappa shape index (κ2) is 4.75. The van der Waals surface area contributed by atoms with E-state index in [1.54, 1.807) is 0 Å². The van der Waals surface area contributed by atoms with E-state index in [4.69, 9.17) is 0 Å². The van der Waals surface area contributed by atoms with Crippen LogP contribution in [0.4, 0.5) is 0 Å². The molecule has 1 aliphatic rings. The Hall–Kier alpha value is -1.37. The van der Waals surface area contributed by atoms with Gasteiger partial charge in [-0.1, -0.05) is 36.4 Å². The number of aliphatic imine (C=N–C) groups is 1. The first-order valence-electron chi connectivity index (χ1n) is 5.19. The van der Waals surface area contributed by atoms with E-state index >= 15 is 0 Å². The number of hydrogen-bond donors (Lipinski definition) is 0. The van der Waals surface area contributed by atoms with Gasteiger partial charge in [0.05, 0.1) is 6.54 Å². The molecule has 0 fully saturated rings. The fourth-order valence-corrected chi connectivity index (χ4v) is 1.61. The van der Waals surface area contributed by atoms with Crippen molar-refractivity contribution >= 4 is 5.71 Å². The maximum atomic E-state index is 4.58. The van der Waals surface area contributed by atoms with Crippen LogP contribution >= 0.6 is 0 Å². The lowest BCUT2D eigenvalue weighted by molar-refractivity contribution is 0.869. The largest absolute Gasteiger partial charge is 0.285 e. The molecule has 0 aliphatic heterocycles. The molecule has 1 aromatic carbocycles. The standard InChI is InChI=1S/C13H15N/c1-3-7-12(8-4-1)11-14-13-9-5-2-6-10-13/h1,3-5,7-9H,2,6,10-11H2. The quantitative estimate of drug-likeness (QED) is 0.670. The van der Waals surface area contributed by atoms with Crippen molar-refractivity contribution in [2.45, 2.75) is 25.8 Å². The van der Waals surface area contributed by atoms with Gasteiger partial charge in [-0.25, -0.2) is 0 Å². The smallest absolute Gasteiger partial charge is 0.0643 e. The second-order valence-corrected chi connectivity index (χ2v) is 3.59. The maximum Gasteiger partial charge on any atom is 0.0643 e. The van der Waals surface area contributed by atoms with Crippen molar-refractivity contribution in [3.8, 4) is 0 Å². The minimum absolute atomic E-state index is 0.820. The SMILES string of the molecule is C1=CC(=NCc2ccccc2)CCC1. The van der Waals surface area contributed by atoms with Crippen molar-refractivity contribution in [3.05, 3.63) is 48.0 Å². The van der Waals surface area contributed by atoms with Crippen LogP contribution in [0.1, 0.15) is 24.8 Å². The Morgan fingerprint density at radius 2 is 2.00 bits per heavy atom. The van der Waals surface area contributed by atoms with Crippen LogP contribution in [0.15, 0.2) is 47.5 Å². The molecule has 72 valence electrons. The summed E-state index contributed by atoms with van der Waals surface area (Å²) in [4.78, 5) is 4.58. The lowest BCUT2D eigenvalue weighted by Gasteiger charge is -2.05. The van der Waals surface area contributed by atoms with Gasteiger partial charge in [0.1, 0.15) is 0 Å². The highest BCUT2D eigenvalue weighted by molar-refractivity contribution is 5.95. The van der Waals surface area contributed by atoms with Crippen LogP contribution in [0.3, 0.4) is 0 Å². The van der Waals surface area contributed by atoms with Crippen LogP contribution < -0.4 is 0 Å². The third kappa shape index (κ3) is 2.56. The molecular weight excluding hydrogens is 170 g/mol. The van der Waals surface area contributed by atoms with Crippen LogP contribution in [0.2, 0.25) is 0 Å². The summed E-state index contributed by atoms with van der Waals surface area (Å²) in [6.07, 6.45) is 7.98. The molecule has 0 radical (unpaired) electrons. The topological polar surface area (TPSA) is 12.4 Å². The van der Waals surface area contributed by atoms with Gasteiger partial charge in [-0.2, -0.15) is 0 Å². The monoisotopic (exact) mass is 185 g/mol. The van der Waals surface area contributed by atoms with Gasteiger partial charge in [-0.3, -0.25) is 4.99 Å². The van der Waals surface area contributed by atoms with Crippen LogP contribution in [0.5, 0.6) is 0 Å². The molecular formula is C13H15N.